The second-order valence-electron chi connectivity index (χ2n) is 7.70. The summed E-state index contributed by atoms with van der Waals surface area (Å²) in [6.45, 7) is 4.59. The third kappa shape index (κ3) is 5.31. The Balaban J connectivity index is 1.56. The highest BCUT2D eigenvalue weighted by atomic mass is 16.2. The number of anilines is 2. The van der Waals surface area contributed by atoms with Gasteiger partial charge in [-0.1, -0.05) is 12.1 Å². The van der Waals surface area contributed by atoms with Crippen molar-refractivity contribution in [2.45, 2.75) is 39.2 Å². The first-order valence-electron chi connectivity index (χ1n) is 10.5. The van der Waals surface area contributed by atoms with E-state index in [9.17, 15) is 4.79 Å². The van der Waals surface area contributed by atoms with Crippen molar-refractivity contribution in [1.29, 1.82) is 0 Å². The van der Waals surface area contributed by atoms with Gasteiger partial charge >= 0.3 is 0 Å². The topological polar surface area (TPSA) is 83.9 Å². The molecular weight excluding hydrogens is 388 g/mol. The molecule has 1 aliphatic heterocycles. The first kappa shape index (κ1) is 20.7. The number of nitrogens with one attached hydrogen (secondary N) is 1. The van der Waals surface area contributed by atoms with Gasteiger partial charge in [-0.15, -0.1) is 0 Å². The van der Waals surface area contributed by atoms with Crippen LogP contribution in [0.5, 0.6) is 0 Å². The summed E-state index contributed by atoms with van der Waals surface area (Å²) in [5, 5.41) is 3.27. The molecule has 3 aromatic heterocycles. The van der Waals surface area contributed by atoms with Gasteiger partial charge in [0.2, 0.25) is 5.91 Å². The fourth-order valence-electron chi connectivity index (χ4n) is 3.75. The van der Waals surface area contributed by atoms with Crippen molar-refractivity contribution in [1.82, 2.24) is 24.8 Å². The summed E-state index contributed by atoms with van der Waals surface area (Å²) < 4.78 is 0. The molecule has 1 amide bonds. The first-order valence-corrected chi connectivity index (χ1v) is 10.5. The van der Waals surface area contributed by atoms with E-state index in [1.165, 1.54) is 0 Å². The van der Waals surface area contributed by atoms with Crippen molar-refractivity contribution in [3.8, 4) is 0 Å². The Morgan fingerprint density at radius 3 is 2.77 bits per heavy atom. The number of hydrogen-bond acceptors (Lipinski definition) is 6. The molecule has 0 aliphatic carbocycles. The Morgan fingerprint density at radius 1 is 1.06 bits per heavy atom. The van der Waals surface area contributed by atoms with Gasteiger partial charge < -0.3 is 10.2 Å². The zero-order valence-corrected chi connectivity index (χ0v) is 17.8. The Kier molecular flexibility index (Phi) is 6.31. The van der Waals surface area contributed by atoms with Crippen LogP contribution in [0, 0.1) is 13.8 Å². The van der Waals surface area contributed by atoms with E-state index in [4.69, 9.17) is 4.98 Å². The van der Waals surface area contributed by atoms with Crippen molar-refractivity contribution in [3.05, 3.63) is 77.6 Å². The number of carbonyl (C=O) groups excluding carboxylic acids is 1. The summed E-state index contributed by atoms with van der Waals surface area (Å²) in [5.41, 5.74) is 2.68. The maximum Gasteiger partial charge on any atom is 0.247 e. The maximum atomic E-state index is 13.0. The number of hydrogen-bond donors (Lipinski definition) is 1. The Hall–Kier alpha value is -3.61. The third-order valence-electron chi connectivity index (χ3n) is 5.20. The van der Waals surface area contributed by atoms with Crippen LogP contribution in [-0.2, 0) is 4.79 Å². The molecule has 0 unspecified atom stereocenters. The van der Waals surface area contributed by atoms with Crippen LogP contribution in [0.3, 0.4) is 0 Å². The Morgan fingerprint density at radius 2 is 1.97 bits per heavy atom. The number of likely N-dealkylation sites (tertiary alicyclic amines) is 1. The predicted octanol–water partition coefficient (Wildman–Crippen LogP) is 4.39. The monoisotopic (exact) mass is 414 g/mol. The number of amides is 1. The van der Waals surface area contributed by atoms with Crippen molar-refractivity contribution in [2.75, 3.05) is 11.9 Å². The number of piperidine rings is 1. The molecule has 1 saturated heterocycles. The number of carbonyl (C=O) groups is 1. The van der Waals surface area contributed by atoms with Crippen LogP contribution in [0.25, 0.3) is 6.08 Å². The van der Waals surface area contributed by atoms with Crippen LogP contribution in [0.1, 0.15) is 48.1 Å². The highest BCUT2D eigenvalue weighted by Crippen LogP contribution is 2.30. The van der Waals surface area contributed by atoms with Crippen LogP contribution in [-0.4, -0.2) is 37.3 Å². The van der Waals surface area contributed by atoms with E-state index in [-0.39, 0.29) is 11.9 Å². The lowest BCUT2D eigenvalue weighted by Crippen LogP contribution is -2.38. The second kappa shape index (κ2) is 9.47. The molecule has 1 aliphatic rings. The zero-order valence-electron chi connectivity index (χ0n) is 17.8. The van der Waals surface area contributed by atoms with E-state index in [0.717, 1.165) is 42.0 Å². The van der Waals surface area contributed by atoms with Gasteiger partial charge in [-0.05, 0) is 62.9 Å². The van der Waals surface area contributed by atoms with Crippen LogP contribution >= 0.6 is 0 Å². The molecule has 1 fully saturated rings. The van der Waals surface area contributed by atoms with Crippen molar-refractivity contribution in [3.63, 3.8) is 0 Å². The molecule has 1 N–H and O–H groups in total. The van der Waals surface area contributed by atoms with Gasteiger partial charge in [0.25, 0.3) is 0 Å². The highest BCUT2D eigenvalue weighted by Gasteiger charge is 2.29. The molecule has 0 aromatic carbocycles. The molecule has 3 aromatic rings. The van der Waals surface area contributed by atoms with E-state index in [0.29, 0.717) is 18.2 Å². The summed E-state index contributed by atoms with van der Waals surface area (Å²) >= 11 is 0. The quantitative estimate of drug-likeness (QED) is 0.623. The van der Waals surface area contributed by atoms with Crippen LogP contribution in [0.15, 0.2) is 54.9 Å². The Labute approximate surface area is 182 Å². The number of aryl methyl sites for hydroxylation is 2. The average molecular weight is 415 g/mol. The molecule has 1 atom stereocenters. The number of pyridine rings is 2. The zero-order chi connectivity index (χ0) is 21.6. The van der Waals surface area contributed by atoms with Gasteiger partial charge in [0.1, 0.15) is 11.6 Å². The second-order valence-corrected chi connectivity index (χ2v) is 7.70. The molecule has 0 radical (unpaired) electrons. The summed E-state index contributed by atoms with van der Waals surface area (Å²) in [7, 11) is 0. The molecule has 4 rings (SSSR count). The van der Waals surface area contributed by atoms with Gasteiger partial charge in [0, 0.05) is 42.5 Å². The van der Waals surface area contributed by atoms with E-state index >= 15 is 0 Å². The fourth-order valence-corrected chi connectivity index (χ4v) is 3.75. The van der Waals surface area contributed by atoms with Crippen molar-refractivity contribution in [2.24, 2.45) is 0 Å². The molecule has 7 nitrogen and oxygen atoms in total. The molecule has 31 heavy (non-hydrogen) atoms. The molecular formula is C24H26N6O. The standard InChI is InChI=1S/C24H26N6O/c1-17-7-5-10-21(26-17)28-22-15-18(2)27-24(29-22)20-9-3-4-14-30(20)23(31)12-11-19-8-6-13-25-16-19/h5-8,10-13,15-16,20H,3-4,9,14H2,1-2H3,(H,26,27,28,29)/b12-11+/t20-/m1/s1. The van der Waals surface area contributed by atoms with Gasteiger partial charge in [0.15, 0.2) is 5.82 Å². The smallest absolute Gasteiger partial charge is 0.247 e. The van der Waals surface area contributed by atoms with Crippen LogP contribution in [0.2, 0.25) is 0 Å². The largest absolute Gasteiger partial charge is 0.329 e. The summed E-state index contributed by atoms with van der Waals surface area (Å²) in [4.78, 5) is 32.9. The first-order chi connectivity index (χ1) is 15.1. The predicted molar refractivity (Wildman–Crippen MR) is 121 cm³/mol. The summed E-state index contributed by atoms with van der Waals surface area (Å²) in [6, 6.07) is 11.3. The number of rotatable bonds is 5. The molecule has 0 saturated carbocycles. The molecule has 0 bridgehead atoms. The van der Waals surface area contributed by atoms with Gasteiger partial charge in [-0.2, -0.15) is 0 Å². The van der Waals surface area contributed by atoms with Gasteiger partial charge in [0.05, 0.1) is 6.04 Å². The van der Waals surface area contributed by atoms with Crippen LogP contribution < -0.4 is 5.32 Å². The molecule has 7 heteroatoms. The number of nitrogens with zero attached hydrogens (tertiary/aromatic N) is 5. The summed E-state index contributed by atoms with van der Waals surface area (Å²) in [6.07, 6.45) is 9.73. The van der Waals surface area contributed by atoms with Crippen LogP contribution in [0.4, 0.5) is 11.6 Å². The normalized spacial score (nSPS) is 16.5. The van der Waals surface area contributed by atoms with E-state index in [1.807, 2.05) is 55.1 Å². The Bertz CT molecular complexity index is 1080. The molecule has 158 valence electrons. The fraction of sp³-hybridized carbons (Fsp3) is 0.292. The minimum absolute atomic E-state index is 0.0338. The van der Waals surface area contributed by atoms with Crippen molar-refractivity contribution < 1.29 is 4.79 Å². The van der Waals surface area contributed by atoms with Gasteiger partial charge in [-0.3, -0.25) is 9.78 Å². The SMILES string of the molecule is Cc1cccc(Nc2cc(C)nc([C@H]3CCCCN3C(=O)/C=C/c3cccnc3)n2)n1. The highest BCUT2D eigenvalue weighted by molar-refractivity contribution is 5.92. The molecule has 0 spiro atoms. The van der Waals surface area contributed by atoms with Gasteiger partial charge in [-0.25, -0.2) is 15.0 Å². The minimum atomic E-state index is -0.147. The lowest BCUT2D eigenvalue weighted by atomic mass is 10.0. The lowest BCUT2D eigenvalue weighted by Gasteiger charge is -2.34. The number of aromatic nitrogens is 4. The maximum absolute atomic E-state index is 13.0. The van der Waals surface area contributed by atoms with E-state index in [2.05, 4.69) is 20.3 Å². The van der Waals surface area contributed by atoms with E-state index in [1.54, 1.807) is 24.5 Å². The summed E-state index contributed by atoms with van der Waals surface area (Å²) in [5.74, 6) is 2.05. The van der Waals surface area contributed by atoms with Crippen molar-refractivity contribution >= 4 is 23.6 Å². The lowest BCUT2D eigenvalue weighted by molar-refractivity contribution is -0.129. The van der Waals surface area contributed by atoms with E-state index < -0.39 is 0 Å². The molecule has 4 heterocycles. The average Bonchev–Trinajstić information content (AvgIpc) is 2.78. The third-order valence-corrected chi connectivity index (χ3v) is 5.20. The minimum Gasteiger partial charge on any atom is -0.329 e.